The highest BCUT2D eigenvalue weighted by molar-refractivity contribution is 6.05. The molecule has 5 nitrogen and oxygen atoms in total. The van der Waals surface area contributed by atoms with Crippen LogP contribution in [0.2, 0.25) is 0 Å². The van der Waals surface area contributed by atoms with Crippen LogP contribution in [-0.4, -0.2) is 31.8 Å². The summed E-state index contributed by atoms with van der Waals surface area (Å²) in [6, 6.07) is 13.4. The van der Waals surface area contributed by atoms with Crippen LogP contribution in [-0.2, 0) is 9.53 Å². The minimum absolute atomic E-state index is 0.00917. The van der Waals surface area contributed by atoms with Gasteiger partial charge in [-0.05, 0) is 35.8 Å². The normalized spacial score (nSPS) is 16.5. The average Bonchev–Trinajstić information content (AvgIpc) is 3.22. The van der Waals surface area contributed by atoms with Crippen LogP contribution in [0.5, 0.6) is 5.75 Å². The molecule has 0 saturated carbocycles. The monoisotopic (exact) mass is 360 g/mol. The number of rotatable bonds is 6. The number of nitriles is 1. The summed E-state index contributed by atoms with van der Waals surface area (Å²) in [5.41, 5.74) is 0.669. The molecule has 1 saturated heterocycles. The Kier molecular flexibility index (Phi) is 6.10. The Balaban J connectivity index is 1.91. The van der Waals surface area contributed by atoms with Gasteiger partial charge in [0.25, 0.3) is 5.91 Å². The van der Waals surface area contributed by atoms with E-state index in [0.717, 1.165) is 23.6 Å². The van der Waals surface area contributed by atoms with E-state index in [-0.39, 0.29) is 18.3 Å². The number of ether oxygens (including phenoxy) is 2. The number of hydrogen-bond acceptors (Lipinski definition) is 4. The number of nitrogens with one attached hydrogen (secondary N) is 1. The van der Waals surface area contributed by atoms with Crippen molar-refractivity contribution in [3.05, 3.63) is 47.5 Å². The van der Waals surface area contributed by atoms with Crippen molar-refractivity contribution in [2.24, 2.45) is 0 Å². The fourth-order valence-corrected chi connectivity index (χ4v) is 3.07. The largest absolute Gasteiger partial charge is 0.480 e. The lowest BCUT2D eigenvalue weighted by Gasteiger charge is -2.12. The minimum atomic E-state index is -0.427. The number of amides is 1. The molecular formula is C22H20N2O3. The molecule has 2 aromatic rings. The van der Waals surface area contributed by atoms with Crippen molar-refractivity contribution in [1.29, 1.82) is 5.26 Å². The van der Waals surface area contributed by atoms with E-state index in [1.807, 2.05) is 36.4 Å². The smallest absolute Gasteiger partial charge is 0.262 e. The number of benzene rings is 2. The first-order valence-corrected chi connectivity index (χ1v) is 8.82. The molecule has 0 unspecified atom stereocenters. The summed E-state index contributed by atoms with van der Waals surface area (Å²) in [6.07, 6.45) is 8.77. The number of fused-ring (bicyclic) bond motifs is 1. The molecule has 27 heavy (non-hydrogen) atoms. The average molecular weight is 360 g/mol. The van der Waals surface area contributed by atoms with Gasteiger partial charge in [-0.15, -0.1) is 6.42 Å². The second-order valence-electron chi connectivity index (χ2n) is 6.21. The van der Waals surface area contributed by atoms with Crippen molar-refractivity contribution >= 4 is 22.8 Å². The molecule has 0 aliphatic carbocycles. The Bertz CT molecular complexity index is 944. The van der Waals surface area contributed by atoms with Crippen molar-refractivity contribution in [2.45, 2.75) is 18.9 Å². The molecule has 136 valence electrons. The van der Waals surface area contributed by atoms with Gasteiger partial charge in [-0.1, -0.05) is 36.3 Å². The molecule has 1 atom stereocenters. The van der Waals surface area contributed by atoms with E-state index in [0.29, 0.717) is 24.5 Å². The first-order valence-electron chi connectivity index (χ1n) is 8.82. The maximum atomic E-state index is 12.5. The van der Waals surface area contributed by atoms with Gasteiger partial charge in [0, 0.05) is 18.7 Å². The second-order valence-corrected chi connectivity index (χ2v) is 6.21. The second kappa shape index (κ2) is 8.89. The predicted molar refractivity (Wildman–Crippen MR) is 104 cm³/mol. The molecule has 1 N–H and O–H groups in total. The van der Waals surface area contributed by atoms with Gasteiger partial charge in [0.15, 0.2) is 0 Å². The van der Waals surface area contributed by atoms with E-state index in [1.165, 1.54) is 0 Å². The summed E-state index contributed by atoms with van der Waals surface area (Å²) in [7, 11) is 0. The van der Waals surface area contributed by atoms with E-state index in [1.54, 1.807) is 12.1 Å². The summed E-state index contributed by atoms with van der Waals surface area (Å²) in [6.45, 7) is 1.22. The van der Waals surface area contributed by atoms with E-state index >= 15 is 0 Å². The lowest BCUT2D eigenvalue weighted by atomic mass is 10.0. The van der Waals surface area contributed by atoms with Crippen LogP contribution >= 0.6 is 0 Å². The molecule has 0 bridgehead atoms. The van der Waals surface area contributed by atoms with Gasteiger partial charge in [-0.3, -0.25) is 4.79 Å². The lowest BCUT2D eigenvalue weighted by Crippen LogP contribution is -2.32. The molecular weight excluding hydrogens is 340 g/mol. The molecule has 2 aromatic carbocycles. The Morgan fingerprint density at radius 3 is 2.96 bits per heavy atom. The van der Waals surface area contributed by atoms with Gasteiger partial charge < -0.3 is 14.8 Å². The third-order valence-corrected chi connectivity index (χ3v) is 4.41. The zero-order valence-corrected chi connectivity index (χ0v) is 14.9. The molecule has 0 radical (unpaired) electrons. The van der Waals surface area contributed by atoms with Crippen molar-refractivity contribution in [3.8, 4) is 24.2 Å². The van der Waals surface area contributed by atoms with Crippen molar-refractivity contribution < 1.29 is 14.3 Å². The van der Waals surface area contributed by atoms with Gasteiger partial charge in [-0.2, -0.15) is 5.26 Å². The molecule has 1 amide bonds. The fourth-order valence-electron chi connectivity index (χ4n) is 3.07. The molecule has 5 heteroatoms. The zero-order chi connectivity index (χ0) is 19.1. The van der Waals surface area contributed by atoms with Crippen molar-refractivity contribution in [1.82, 2.24) is 5.32 Å². The number of nitrogens with zero attached hydrogens (tertiary/aromatic N) is 1. The maximum absolute atomic E-state index is 12.5. The SMILES string of the molecule is C#CCOc1ccc2ccccc2c1/C=C(\C#N)C(=O)NC[C@@H]1CCCO1. The van der Waals surface area contributed by atoms with Gasteiger partial charge in [-0.25, -0.2) is 0 Å². The highest BCUT2D eigenvalue weighted by Crippen LogP contribution is 2.30. The Labute approximate surface area is 158 Å². The molecule has 1 aliphatic heterocycles. The predicted octanol–water partition coefficient (Wildman–Crippen LogP) is 3.05. The van der Waals surface area contributed by atoms with Crippen LogP contribution in [0.25, 0.3) is 16.8 Å². The zero-order valence-electron chi connectivity index (χ0n) is 14.9. The summed E-state index contributed by atoms with van der Waals surface area (Å²) >= 11 is 0. The van der Waals surface area contributed by atoms with Crippen molar-refractivity contribution in [2.75, 3.05) is 19.8 Å². The van der Waals surface area contributed by atoms with E-state index in [2.05, 4.69) is 11.2 Å². The topological polar surface area (TPSA) is 71.3 Å². The van der Waals surface area contributed by atoms with E-state index in [9.17, 15) is 10.1 Å². The van der Waals surface area contributed by atoms with Crippen LogP contribution in [0, 0.1) is 23.7 Å². The van der Waals surface area contributed by atoms with Gasteiger partial charge in [0.05, 0.1) is 6.10 Å². The third kappa shape index (κ3) is 4.47. The number of carbonyl (C=O) groups is 1. The number of carbonyl (C=O) groups excluding carboxylic acids is 1. The summed E-state index contributed by atoms with van der Waals surface area (Å²) in [5, 5.41) is 14.1. The van der Waals surface area contributed by atoms with Crippen LogP contribution in [0.1, 0.15) is 18.4 Å². The van der Waals surface area contributed by atoms with E-state index < -0.39 is 5.91 Å². The molecule has 1 aliphatic rings. The first kappa shape index (κ1) is 18.5. The summed E-state index contributed by atoms with van der Waals surface area (Å²) in [5.74, 6) is 2.54. The molecule has 3 rings (SSSR count). The summed E-state index contributed by atoms with van der Waals surface area (Å²) in [4.78, 5) is 12.5. The van der Waals surface area contributed by atoms with Gasteiger partial charge >= 0.3 is 0 Å². The van der Waals surface area contributed by atoms with Gasteiger partial charge in [0.1, 0.15) is 24.0 Å². The Morgan fingerprint density at radius 2 is 2.22 bits per heavy atom. The van der Waals surface area contributed by atoms with Crippen LogP contribution in [0.3, 0.4) is 0 Å². The molecule has 0 spiro atoms. The Morgan fingerprint density at radius 1 is 1.37 bits per heavy atom. The molecule has 1 fully saturated rings. The molecule has 1 heterocycles. The highest BCUT2D eigenvalue weighted by atomic mass is 16.5. The standard InChI is InChI=1S/C22H20N2O3/c1-2-11-27-21-10-9-16-6-3-4-8-19(16)20(21)13-17(14-23)22(25)24-15-18-7-5-12-26-18/h1,3-4,6,8-10,13,18H,5,7,11-12,15H2,(H,24,25)/b17-13+/t18-/m0/s1. The highest BCUT2D eigenvalue weighted by Gasteiger charge is 2.18. The number of hydrogen-bond donors (Lipinski definition) is 1. The number of terminal acetylenes is 1. The van der Waals surface area contributed by atoms with E-state index in [4.69, 9.17) is 15.9 Å². The summed E-state index contributed by atoms with van der Waals surface area (Å²) < 4.78 is 11.1. The van der Waals surface area contributed by atoms with Crippen LogP contribution in [0.4, 0.5) is 0 Å². The van der Waals surface area contributed by atoms with Crippen LogP contribution in [0.15, 0.2) is 42.0 Å². The van der Waals surface area contributed by atoms with Crippen LogP contribution < -0.4 is 10.1 Å². The Hall–Kier alpha value is -3.28. The quantitative estimate of drug-likeness (QED) is 0.488. The van der Waals surface area contributed by atoms with Gasteiger partial charge in [0.2, 0.25) is 0 Å². The first-order chi connectivity index (χ1) is 13.2. The third-order valence-electron chi connectivity index (χ3n) is 4.41. The molecule has 0 aromatic heterocycles. The lowest BCUT2D eigenvalue weighted by molar-refractivity contribution is -0.117. The maximum Gasteiger partial charge on any atom is 0.262 e. The van der Waals surface area contributed by atoms with Crippen molar-refractivity contribution in [3.63, 3.8) is 0 Å². The fraction of sp³-hybridized carbons (Fsp3) is 0.273. The minimum Gasteiger partial charge on any atom is -0.480 e.